The Kier molecular flexibility index (Phi) is 3.02. The maximum atomic E-state index is 13.9. The van der Waals surface area contributed by atoms with E-state index in [2.05, 4.69) is 4.74 Å². The smallest absolute Gasteiger partial charge is 0.339 e. The summed E-state index contributed by atoms with van der Waals surface area (Å²) in [5, 5.41) is 1.26. The van der Waals surface area contributed by atoms with Crippen LogP contribution >= 0.6 is 0 Å². The van der Waals surface area contributed by atoms with E-state index < -0.39 is 17.6 Å². The summed E-state index contributed by atoms with van der Waals surface area (Å²) in [7, 11) is 0.697. The van der Waals surface area contributed by atoms with Gasteiger partial charge in [0, 0.05) is 12.7 Å². The van der Waals surface area contributed by atoms with Gasteiger partial charge in [-0.05, 0) is 16.8 Å². The second-order valence-electron chi connectivity index (χ2n) is 3.86. The summed E-state index contributed by atoms with van der Waals surface area (Å²) in [5.41, 5.74) is -0.559. The van der Waals surface area contributed by atoms with Crippen molar-refractivity contribution in [3.8, 4) is 0 Å². The molecule has 0 aliphatic heterocycles. The second kappa shape index (κ2) is 4.24. The third-order valence-corrected chi connectivity index (χ3v) is 2.77. The molecule has 0 saturated carbocycles. The van der Waals surface area contributed by atoms with E-state index in [4.69, 9.17) is 0 Å². The van der Waals surface area contributed by atoms with Crippen molar-refractivity contribution in [1.29, 1.82) is 0 Å². The van der Waals surface area contributed by atoms with Crippen molar-refractivity contribution in [3.05, 3.63) is 48.0 Å². The highest BCUT2D eigenvalue weighted by Gasteiger charge is 2.58. The van der Waals surface area contributed by atoms with Gasteiger partial charge in [0.2, 0.25) is 0 Å². The third-order valence-electron chi connectivity index (χ3n) is 2.77. The Morgan fingerprint density at radius 2 is 1.50 bits per heavy atom. The van der Waals surface area contributed by atoms with Gasteiger partial charge >= 0.3 is 12.0 Å². The molecule has 1 nitrogen and oxygen atoms in total. The fourth-order valence-electron chi connectivity index (χ4n) is 1.79. The molecule has 96 valence electrons. The van der Waals surface area contributed by atoms with Gasteiger partial charge in [-0.1, -0.05) is 36.4 Å². The Balaban J connectivity index is 2.59. The van der Waals surface area contributed by atoms with E-state index in [1.54, 1.807) is 24.3 Å². The van der Waals surface area contributed by atoms with Gasteiger partial charge in [-0.15, -0.1) is 0 Å². The van der Waals surface area contributed by atoms with E-state index >= 15 is 0 Å². The molecule has 18 heavy (non-hydrogen) atoms. The number of ether oxygens (including phenoxy) is 1. The molecule has 0 bridgehead atoms. The molecular formula is C13H10F4O. The van der Waals surface area contributed by atoms with Crippen LogP contribution < -0.4 is 0 Å². The predicted molar refractivity (Wildman–Crippen MR) is 59.8 cm³/mol. The lowest BCUT2D eigenvalue weighted by Gasteiger charge is -2.26. The first kappa shape index (κ1) is 12.8. The second-order valence-corrected chi connectivity index (χ2v) is 3.86. The molecule has 5 heteroatoms. The van der Waals surface area contributed by atoms with E-state index in [9.17, 15) is 17.6 Å². The van der Waals surface area contributed by atoms with Crippen LogP contribution in [0.2, 0.25) is 0 Å². The van der Waals surface area contributed by atoms with Gasteiger partial charge in [-0.2, -0.15) is 17.6 Å². The molecule has 0 radical (unpaired) electrons. The fourth-order valence-corrected chi connectivity index (χ4v) is 1.79. The van der Waals surface area contributed by atoms with Crippen LogP contribution in [0.15, 0.2) is 42.5 Å². The van der Waals surface area contributed by atoms with Crippen LogP contribution in [-0.2, 0) is 10.6 Å². The maximum absolute atomic E-state index is 13.9. The molecule has 0 N–H and O–H groups in total. The topological polar surface area (TPSA) is 9.23 Å². The first-order valence-electron chi connectivity index (χ1n) is 5.18. The highest BCUT2D eigenvalue weighted by molar-refractivity contribution is 5.83. The molecule has 0 aromatic heterocycles. The number of benzene rings is 2. The lowest BCUT2D eigenvalue weighted by molar-refractivity contribution is -0.333. The quantitative estimate of drug-likeness (QED) is 0.734. The lowest BCUT2D eigenvalue weighted by atomic mass is 10.0. The number of halogens is 4. The average molecular weight is 258 g/mol. The zero-order chi connectivity index (χ0) is 13.4. The molecule has 0 heterocycles. The summed E-state index contributed by atoms with van der Waals surface area (Å²) in [4.78, 5) is 0. The van der Waals surface area contributed by atoms with Crippen LogP contribution in [0.1, 0.15) is 5.56 Å². The number of rotatable bonds is 2. The normalized spacial score (nSPS) is 15.6. The number of alkyl halides is 4. The van der Waals surface area contributed by atoms with Crippen LogP contribution in [0.5, 0.6) is 0 Å². The largest absolute Gasteiger partial charge is 0.453 e. The van der Waals surface area contributed by atoms with Crippen molar-refractivity contribution in [1.82, 2.24) is 0 Å². The lowest BCUT2D eigenvalue weighted by Crippen LogP contribution is -2.39. The maximum Gasteiger partial charge on any atom is 0.453 e. The number of methoxy groups -OCH3 is 1. The third kappa shape index (κ3) is 1.95. The van der Waals surface area contributed by atoms with Crippen molar-refractivity contribution >= 4 is 10.8 Å². The standard InChI is InChI=1S/C13H10F4O/c1-18-12(14,13(15,16)17)11-7-6-9-4-2-3-5-10(9)8-11/h2-8H,1H3. The Bertz CT molecular complexity index is 564. The van der Waals surface area contributed by atoms with Crippen molar-refractivity contribution in [2.24, 2.45) is 0 Å². The first-order chi connectivity index (χ1) is 8.38. The van der Waals surface area contributed by atoms with Gasteiger partial charge in [0.05, 0.1) is 0 Å². The number of fused-ring (bicyclic) bond motifs is 1. The zero-order valence-electron chi connectivity index (χ0n) is 9.46. The minimum atomic E-state index is -5.12. The fraction of sp³-hybridized carbons (Fsp3) is 0.231. The molecule has 0 aliphatic rings. The van der Waals surface area contributed by atoms with E-state index in [1.807, 2.05) is 0 Å². The molecule has 0 fully saturated rings. The molecule has 0 amide bonds. The number of hydrogen-bond acceptors (Lipinski definition) is 1. The van der Waals surface area contributed by atoms with Gasteiger partial charge in [-0.3, -0.25) is 0 Å². The van der Waals surface area contributed by atoms with Gasteiger partial charge in [0.1, 0.15) is 0 Å². The monoisotopic (exact) mass is 258 g/mol. The SMILES string of the molecule is COC(F)(c1ccc2ccccc2c1)C(F)(F)F. The highest BCUT2D eigenvalue weighted by atomic mass is 19.4. The Labute approximate surface area is 101 Å². The first-order valence-corrected chi connectivity index (χ1v) is 5.18. The minimum absolute atomic E-state index is 0.526. The highest BCUT2D eigenvalue weighted by Crippen LogP contribution is 2.43. The molecule has 2 rings (SSSR count). The van der Waals surface area contributed by atoms with E-state index in [-0.39, 0.29) is 0 Å². The Morgan fingerprint density at radius 1 is 0.889 bits per heavy atom. The van der Waals surface area contributed by atoms with Crippen LogP contribution in [0.4, 0.5) is 17.6 Å². The van der Waals surface area contributed by atoms with Crippen LogP contribution in [0.3, 0.4) is 0 Å². The molecule has 1 unspecified atom stereocenters. The summed E-state index contributed by atoms with van der Waals surface area (Å²) >= 11 is 0. The van der Waals surface area contributed by atoms with Crippen molar-refractivity contribution in [3.63, 3.8) is 0 Å². The Hall–Kier alpha value is -1.62. The van der Waals surface area contributed by atoms with Crippen molar-refractivity contribution in [2.75, 3.05) is 7.11 Å². The van der Waals surface area contributed by atoms with Gasteiger partial charge < -0.3 is 4.74 Å². The predicted octanol–water partition coefficient (Wildman–Crippen LogP) is 4.17. The summed E-state index contributed by atoms with van der Waals surface area (Å²) in [6.45, 7) is 0. The molecule has 0 spiro atoms. The van der Waals surface area contributed by atoms with E-state index in [0.29, 0.717) is 12.5 Å². The molecule has 1 atom stereocenters. The van der Waals surface area contributed by atoms with E-state index in [1.165, 1.54) is 6.07 Å². The average Bonchev–Trinajstić information content (AvgIpc) is 2.35. The molecular weight excluding hydrogens is 248 g/mol. The summed E-state index contributed by atoms with van der Waals surface area (Å²) in [6.07, 6.45) is -5.12. The van der Waals surface area contributed by atoms with Gasteiger partial charge in [0.15, 0.2) is 0 Å². The summed E-state index contributed by atoms with van der Waals surface area (Å²) in [6, 6.07) is 10.4. The van der Waals surface area contributed by atoms with Gasteiger partial charge in [0.25, 0.3) is 0 Å². The summed E-state index contributed by atoms with van der Waals surface area (Å²) in [5.74, 6) is -3.78. The molecule has 2 aromatic rings. The molecule has 2 aromatic carbocycles. The van der Waals surface area contributed by atoms with Crippen molar-refractivity contribution in [2.45, 2.75) is 12.0 Å². The van der Waals surface area contributed by atoms with Crippen molar-refractivity contribution < 1.29 is 22.3 Å². The minimum Gasteiger partial charge on any atom is -0.339 e. The van der Waals surface area contributed by atoms with E-state index in [0.717, 1.165) is 17.5 Å². The van der Waals surface area contributed by atoms with Crippen LogP contribution in [-0.4, -0.2) is 13.3 Å². The number of hydrogen-bond donors (Lipinski definition) is 0. The molecule has 0 saturated heterocycles. The van der Waals surface area contributed by atoms with Crippen LogP contribution in [0.25, 0.3) is 10.8 Å². The van der Waals surface area contributed by atoms with Crippen LogP contribution in [0, 0.1) is 0 Å². The van der Waals surface area contributed by atoms with Gasteiger partial charge in [-0.25, -0.2) is 0 Å². The Morgan fingerprint density at radius 3 is 2.06 bits per heavy atom. The summed E-state index contributed by atoms with van der Waals surface area (Å²) < 4.78 is 56.1. The zero-order valence-corrected chi connectivity index (χ0v) is 9.46. The molecule has 0 aliphatic carbocycles.